The first-order valence-electron chi connectivity index (χ1n) is 10.9. The van der Waals surface area contributed by atoms with Gasteiger partial charge in [0.15, 0.2) is 5.11 Å². The summed E-state index contributed by atoms with van der Waals surface area (Å²) in [5.74, 6) is 1.97. The summed E-state index contributed by atoms with van der Waals surface area (Å²) in [6, 6.07) is 20.6. The lowest BCUT2D eigenvalue weighted by molar-refractivity contribution is 0.245. The molecule has 0 atom stereocenters. The van der Waals surface area contributed by atoms with E-state index in [9.17, 15) is 0 Å². The first kappa shape index (κ1) is 22.7. The minimum atomic E-state index is 0.145. The summed E-state index contributed by atoms with van der Waals surface area (Å²) in [7, 11) is 1.73. The van der Waals surface area contributed by atoms with Gasteiger partial charge in [0.05, 0.1) is 13.3 Å². The molecule has 1 fully saturated rings. The van der Waals surface area contributed by atoms with Crippen molar-refractivity contribution >= 4 is 29.4 Å². The van der Waals surface area contributed by atoms with Gasteiger partial charge in [0.2, 0.25) is 0 Å². The summed E-state index contributed by atoms with van der Waals surface area (Å²) >= 11 is 4.73. The van der Waals surface area contributed by atoms with Crippen LogP contribution in [0.25, 0.3) is 11.1 Å². The molecule has 3 aromatic rings. The number of benzene rings is 2. The van der Waals surface area contributed by atoms with Crippen molar-refractivity contribution < 1.29 is 4.74 Å². The maximum Gasteiger partial charge on any atom is 0.184 e. The standard InChI is InChI=1S/C25H28N6OS/c1-32-23-5-3-2-4-22(23)18-30-12-14-31(15-13-30)24-11-10-21(17-27-24)20-8-6-19(7-9-20)16-28-29-25(26)33/h2-11,16-17H,12-15,18H2,1H3,(H3,26,29,33). The molecule has 0 radical (unpaired) electrons. The number of para-hydroxylation sites is 1. The second-order valence-electron chi connectivity index (χ2n) is 7.84. The van der Waals surface area contributed by atoms with Crippen LogP contribution in [0.5, 0.6) is 5.75 Å². The average Bonchev–Trinajstić information content (AvgIpc) is 2.85. The third kappa shape index (κ3) is 6.06. The predicted octanol–water partition coefficient (Wildman–Crippen LogP) is 3.25. The molecule has 8 heteroatoms. The van der Waals surface area contributed by atoms with Gasteiger partial charge in [-0.2, -0.15) is 5.10 Å². The second-order valence-corrected chi connectivity index (χ2v) is 8.28. The van der Waals surface area contributed by atoms with Crippen molar-refractivity contribution in [3.63, 3.8) is 0 Å². The van der Waals surface area contributed by atoms with Crippen molar-refractivity contribution in [1.82, 2.24) is 15.3 Å². The number of ether oxygens (including phenoxy) is 1. The Kier molecular flexibility index (Phi) is 7.49. The number of nitrogens with two attached hydrogens (primary N) is 1. The van der Waals surface area contributed by atoms with Crippen LogP contribution in [0.3, 0.4) is 0 Å². The number of rotatable bonds is 7. The van der Waals surface area contributed by atoms with Crippen molar-refractivity contribution in [3.05, 3.63) is 78.0 Å². The van der Waals surface area contributed by atoms with Crippen LogP contribution in [0.1, 0.15) is 11.1 Å². The van der Waals surface area contributed by atoms with Crippen molar-refractivity contribution in [1.29, 1.82) is 0 Å². The van der Waals surface area contributed by atoms with E-state index in [2.05, 4.69) is 56.7 Å². The summed E-state index contributed by atoms with van der Waals surface area (Å²) in [4.78, 5) is 9.54. The highest BCUT2D eigenvalue weighted by Crippen LogP contribution is 2.23. The molecule has 7 nitrogen and oxygen atoms in total. The molecule has 0 aliphatic carbocycles. The number of hydrogen-bond acceptors (Lipinski definition) is 6. The van der Waals surface area contributed by atoms with Crippen molar-refractivity contribution in [2.24, 2.45) is 10.8 Å². The minimum absolute atomic E-state index is 0.145. The van der Waals surface area contributed by atoms with E-state index >= 15 is 0 Å². The fraction of sp³-hybridized carbons (Fsp3) is 0.240. The highest BCUT2D eigenvalue weighted by Gasteiger charge is 2.19. The Hall–Kier alpha value is -3.49. The van der Waals surface area contributed by atoms with E-state index in [0.29, 0.717) is 0 Å². The number of nitrogens with zero attached hydrogens (tertiary/aromatic N) is 4. The van der Waals surface area contributed by atoms with Crippen LogP contribution in [0.15, 0.2) is 72.0 Å². The highest BCUT2D eigenvalue weighted by molar-refractivity contribution is 7.80. The van der Waals surface area contributed by atoms with E-state index in [1.165, 1.54) is 5.56 Å². The van der Waals surface area contributed by atoms with Gasteiger partial charge in [0.1, 0.15) is 11.6 Å². The van der Waals surface area contributed by atoms with Crippen LogP contribution in [0.2, 0.25) is 0 Å². The molecular formula is C25H28N6OS. The van der Waals surface area contributed by atoms with Crippen LogP contribution in [0, 0.1) is 0 Å². The Morgan fingerprint density at radius 2 is 1.79 bits per heavy atom. The van der Waals surface area contributed by atoms with Crippen LogP contribution >= 0.6 is 12.2 Å². The molecule has 1 aliphatic rings. The first-order valence-corrected chi connectivity index (χ1v) is 11.3. The van der Waals surface area contributed by atoms with Gasteiger partial charge in [-0.3, -0.25) is 10.3 Å². The minimum Gasteiger partial charge on any atom is -0.496 e. The summed E-state index contributed by atoms with van der Waals surface area (Å²) < 4.78 is 5.49. The number of hydrogen-bond donors (Lipinski definition) is 2. The number of nitrogens with one attached hydrogen (secondary N) is 1. The van der Waals surface area contributed by atoms with Crippen molar-refractivity contribution in [2.45, 2.75) is 6.54 Å². The van der Waals surface area contributed by atoms with Gasteiger partial charge in [0, 0.05) is 50.0 Å². The summed E-state index contributed by atoms with van der Waals surface area (Å²) in [5, 5.41) is 4.12. The van der Waals surface area contributed by atoms with Crippen molar-refractivity contribution in [2.75, 3.05) is 38.2 Å². The molecule has 0 saturated carbocycles. The zero-order valence-electron chi connectivity index (χ0n) is 18.6. The molecule has 2 aromatic carbocycles. The lowest BCUT2D eigenvalue weighted by Gasteiger charge is -2.35. The molecule has 0 spiro atoms. The lowest BCUT2D eigenvalue weighted by Crippen LogP contribution is -2.46. The van der Waals surface area contributed by atoms with Gasteiger partial charge < -0.3 is 15.4 Å². The third-order valence-corrected chi connectivity index (χ3v) is 5.75. The van der Waals surface area contributed by atoms with Gasteiger partial charge in [-0.1, -0.05) is 42.5 Å². The molecule has 1 aromatic heterocycles. The molecule has 1 aliphatic heterocycles. The Morgan fingerprint density at radius 1 is 1.06 bits per heavy atom. The third-order valence-electron chi connectivity index (χ3n) is 5.66. The Balaban J connectivity index is 1.32. The molecule has 0 bridgehead atoms. The zero-order valence-corrected chi connectivity index (χ0v) is 19.5. The van der Waals surface area contributed by atoms with E-state index < -0.39 is 0 Å². The highest BCUT2D eigenvalue weighted by atomic mass is 32.1. The Morgan fingerprint density at radius 3 is 2.45 bits per heavy atom. The smallest absolute Gasteiger partial charge is 0.184 e. The number of thiocarbonyl (C=S) groups is 1. The number of pyridine rings is 1. The monoisotopic (exact) mass is 460 g/mol. The SMILES string of the molecule is COc1ccccc1CN1CCN(c2ccc(-c3ccc(C=NNC(N)=S)cc3)cn2)CC1. The van der Waals surface area contributed by atoms with E-state index in [1.807, 2.05) is 30.5 Å². The van der Waals surface area contributed by atoms with Gasteiger partial charge >= 0.3 is 0 Å². The predicted molar refractivity (Wildman–Crippen MR) is 138 cm³/mol. The molecule has 33 heavy (non-hydrogen) atoms. The van der Waals surface area contributed by atoms with Crippen LogP contribution < -0.4 is 20.8 Å². The molecule has 170 valence electrons. The zero-order chi connectivity index (χ0) is 23.0. The lowest BCUT2D eigenvalue weighted by atomic mass is 10.1. The molecule has 2 heterocycles. The number of anilines is 1. The number of methoxy groups -OCH3 is 1. The molecular weight excluding hydrogens is 432 g/mol. The normalized spacial score (nSPS) is 14.4. The van der Waals surface area contributed by atoms with E-state index in [0.717, 1.165) is 61.0 Å². The van der Waals surface area contributed by atoms with Crippen LogP contribution in [-0.2, 0) is 6.54 Å². The van der Waals surface area contributed by atoms with E-state index in [1.54, 1.807) is 13.3 Å². The average molecular weight is 461 g/mol. The first-order chi connectivity index (χ1) is 16.1. The summed E-state index contributed by atoms with van der Waals surface area (Å²) in [6.07, 6.45) is 3.62. The molecule has 4 rings (SSSR count). The molecule has 0 unspecified atom stereocenters. The number of hydrazone groups is 1. The maximum absolute atomic E-state index is 5.49. The van der Waals surface area contributed by atoms with Crippen LogP contribution in [0.4, 0.5) is 5.82 Å². The number of aromatic nitrogens is 1. The Bertz CT molecular complexity index is 1090. The molecule has 3 N–H and O–H groups in total. The molecule has 0 amide bonds. The van der Waals surface area contributed by atoms with Gasteiger partial charge in [-0.15, -0.1) is 0 Å². The van der Waals surface area contributed by atoms with Crippen molar-refractivity contribution in [3.8, 4) is 16.9 Å². The molecule has 1 saturated heterocycles. The van der Waals surface area contributed by atoms with Gasteiger partial charge in [-0.05, 0) is 41.5 Å². The fourth-order valence-corrected chi connectivity index (χ4v) is 3.94. The second kappa shape index (κ2) is 10.9. The van der Waals surface area contributed by atoms with Gasteiger partial charge in [-0.25, -0.2) is 4.98 Å². The van der Waals surface area contributed by atoms with E-state index in [4.69, 9.17) is 27.7 Å². The Labute approximate surface area is 199 Å². The quantitative estimate of drug-likeness (QED) is 0.318. The largest absolute Gasteiger partial charge is 0.496 e. The maximum atomic E-state index is 5.49. The number of piperazine rings is 1. The van der Waals surface area contributed by atoms with E-state index in [-0.39, 0.29) is 5.11 Å². The summed E-state index contributed by atoms with van der Waals surface area (Å²) in [5.41, 5.74) is 12.3. The fourth-order valence-electron chi connectivity index (χ4n) is 3.89. The topological polar surface area (TPSA) is 79.0 Å². The van der Waals surface area contributed by atoms with Crippen LogP contribution in [-0.4, -0.2) is 54.5 Å². The van der Waals surface area contributed by atoms with Gasteiger partial charge in [0.25, 0.3) is 0 Å². The summed E-state index contributed by atoms with van der Waals surface area (Å²) in [6.45, 7) is 4.80.